The number of aryl methyl sites for hydroxylation is 2. The van der Waals surface area contributed by atoms with E-state index in [-0.39, 0.29) is 12.5 Å². The van der Waals surface area contributed by atoms with Gasteiger partial charge in [0.25, 0.3) is 5.91 Å². The highest BCUT2D eigenvalue weighted by atomic mass is 32.1. The lowest BCUT2D eigenvalue weighted by molar-refractivity contribution is -0.137. The molecule has 0 aliphatic heterocycles. The Morgan fingerprint density at radius 1 is 1.35 bits per heavy atom. The molecule has 0 atom stereocenters. The molecule has 0 spiro atoms. The number of carbonyl (C=O) groups excluding carboxylic acids is 1. The Labute approximate surface area is 135 Å². The van der Waals surface area contributed by atoms with Crippen LogP contribution in [0.25, 0.3) is 4.96 Å². The van der Waals surface area contributed by atoms with Crippen LogP contribution < -0.4 is 5.32 Å². The van der Waals surface area contributed by atoms with E-state index in [9.17, 15) is 9.59 Å². The van der Waals surface area contributed by atoms with Crippen molar-refractivity contribution in [1.29, 1.82) is 0 Å². The second-order valence-corrected chi connectivity index (χ2v) is 6.04. The van der Waals surface area contributed by atoms with Crippen LogP contribution in [0.4, 0.5) is 5.69 Å². The summed E-state index contributed by atoms with van der Waals surface area (Å²) in [6, 6.07) is 0. The minimum atomic E-state index is -0.984. The molecule has 2 N–H and O–H groups in total. The molecule has 3 heterocycles. The Balaban J connectivity index is 1.91. The molecule has 0 fully saturated rings. The fourth-order valence-corrected chi connectivity index (χ4v) is 3.30. The average molecular weight is 333 g/mol. The summed E-state index contributed by atoms with van der Waals surface area (Å²) in [7, 11) is 0. The number of imidazole rings is 1. The van der Waals surface area contributed by atoms with Crippen LogP contribution in [0.1, 0.15) is 27.6 Å². The number of hydrogen-bond acceptors (Lipinski definition) is 5. The molecule has 3 aromatic rings. The number of carbonyl (C=O) groups is 2. The first-order chi connectivity index (χ1) is 10.9. The number of aliphatic carboxylic acids is 1. The molecule has 0 unspecified atom stereocenters. The lowest BCUT2D eigenvalue weighted by Crippen LogP contribution is -2.15. The van der Waals surface area contributed by atoms with Crippen molar-refractivity contribution in [2.45, 2.75) is 27.3 Å². The quantitative estimate of drug-likeness (QED) is 0.759. The first-order valence-corrected chi connectivity index (χ1v) is 7.75. The van der Waals surface area contributed by atoms with Crippen LogP contribution in [-0.2, 0) is 11.3 Å². The van der Waals surface area contributed by atoms with Crippen LogP contribution in [0.3, 0.4) is 0 Å². The maximum atomic E-state index is 12.5. The van der Waals surface area contributed by atoms with Gasteiger partial charge in [-0.2, -0.15) is 5.10 Å². The lowest BCUT2D eigenvalue weighted by Gasteiger charge is -2.05. The molecule has 0 bridgehead atoms. The van der Waals surface area contributed by atoms with E-state index in [2.05, 4.69) is 15.4 Å². The van der Waals surface area contributed by atoms with Crippen molar-refractivity contribution in [3.63, 3.8) is 0 Å². The molecule has 0 aromatic carbocycles. The first-order valence-electron chi connectivity index (χ1n) is 6.87. The van der Waals surface area contributed by atoms with Gasteiger partial charge in [0.2, 0.25) is 0 Å². The summed E-state index contributed by atoms with van der Waals surface area (Å²) in [5, 5.41) is 17.6. The lowest BCUT2D eigenvalue weighted by atomic mass is 10.3. The Hall–Kier alpha value is -2.68. The van der Waals surface area contributed by atoms with Gasteiger partial charge in [-0.3, -0.25) is 18.7 Å². The molecule has 0 aliphatic rings. The van der Waals surface area contributed by atoms with Crippen LogP contribution in [-0.4, -0.2) is 36.1 Å². The van der Waals surface area contributed by atoms with Crippen LogP contribution in [0.5, 0.6) is 0 Å². The van der Waals surface area contributed by atoms with Crippen LogP contribution >= 0.6 is 11.3 Å². The van der Waals surface area contributed by atoms with Gasteiger partial charge in [0, 0.05) is 11.6 Å². The number of rotatable bonds is 4. The number of hydrogen-bond donors (Lipinski definition) is 2. The van der Waals surface area contributed by atoms with E-state index in [1.165, 1.54) is 16.0 Å². The predicted octanol–water partition coefficient (Wildman–Crippen LogP) is 1.85. The zero-order valence-electron chi connectivity index (χ0n) is 12.8. The summed E-state index contributed by atoms with van der Waals surface area (Å²) >= 11 is 1.39. The van der Waals surface area contributed by atoms with Crippen molar-refractivity contribution in [3.05, 3.63) is 34.4 Å². The molecule has 23 heavy (non-hydrogen) atoms. The molecule has 0 radical (unpaired) electrons. The SMILES string of the molecule is Cc1cn2c(C(=O)Nc3c(C)nn(CC(=O)O)c3C)csc2n1. The van der Waals surface area contributed by atoms with Gasteiger partial charge in [-0.15, -0.1) is 11.3 Å². The number of anilines is 1. The number of aromatic nitrogens is 4. The Bertz CT molecular complexity index is 921. The van der Waals surface area contributed by atoms with Crippen LogP contribution in [0, 0.1) is 20.8 Å². The van der Waals surface area contributed by atoms with Gasteiger partial charge >= 0.3 is 5.97 Å². The van der Waals surface area contributed by atoms with Crippen molar-refractivity contribution in [2.24, 2.45) is 0 Å². The third kappa shape index (κ3) is 2.70. The summed E-state index contributed by atoms with van der Waals surface area (Å²) in [6.45, 7) is 5.08. The zero-order valence-corrected chi connectivity index (χ0v) is 13.6. The van der Waals surface area contributed by atoms with E-state index in [0.29, 0.717) is 22.8 Å². The Kier molecular flexibility index (Phi) is 3.64. The van der Waals surface area contributed by atoms with Gasteiger partial charge in [-0.05, 0) is 20.8 Å². The van der Waals surface area contributed by atoms with Crippen molar-refractivity contribution in [2.75, 3.05) is 5.32 Å². The monoisotopic (exact) mass is 333 g/mol. The smallest absolute Gasteiger partial charge is 0.325 e. The van der Waals surface area contributed by atoms with Gasteiger partial charge in [0.05, 0.1) is 22.8 Å². The second kappa shape index (κ2) is 5.51. The van der Waals surface area contributed by atoms with Crippen molar-refractivity contribution in [3.8, 4) is 0 Å². The number of carboxylic acid groups (broad SMARTS) is 1. The van der Waals surface area contributed by atoms with Gasteiger partial charge < -0.3 is 10.4 Å². The highest BCUT2D eigenvalue weighted by Crippen LogP contribution is 2.22. The number of carboxylic acids is 1. The molecular formula is C14H15N5O3S. The van der Waals surface area contributed by atoms with E-state index in [1.807, 2.05) is 6.92 Å². The highest BCUT2D eigenvalue weighted by Gasteiger charge is 2.19. The van der Waals surface area contributed by atoms with Crippen LogP contribution in [0.2, 0.25) is 0 Å². The fourth-order valence-electron chi connectivity index (χ4n) is 2.40. The summed E-state index contributed by atoms with van der Waals surface area (Å²) in [6.07, 6.45) is 1.80. The molecule has 0 saturated carbocycles. The summed E-state index contributed by atoms with van der Waals surface area (Å²) in [5.74, 6) is -1.27. The first kappa shape index (κ1) is 15.2. The van der Waals surface area contributed by atoms with E-state index in [1.54, 1.807) is 29.8 Å². The molecule has 1 amide bonds. The average Bonchev–Trinajstić information content (AvgIpc) is 3.07. The maximum Gasteiger partial charge on any atom is 0.325 e. The fraction of sp³-hybridized carbons (Fsp3) is 0.286. The molecule has 0 saturated heterocycles. The van der Waals surface area contributed by atoms with Crippen molar-refractivity contribution < 1.29 is 14.7 Å². The van der Waals surface area contributed by atoms with E-state index in [0.717, 1.165) is 10.7 Å². The summed E-state index contributed by atoms with van der Waals surface area (Å²) in [4.78, 5) is 28.4. The Morgan fingerprint density at radius 3 is 2.78 bits per heavy atom. The van der Waals surface area contributed by atoms with E-state index >= 15 is 0 Å². The Morgan fingerprint density at radius 2 is 2.09 bits per heavy atom. The van der Waals surface area contributed by atoms with Crippen molar-refractivity contribution >= 4 is 33.9 Å². The number of amides is 1. The van der Waals surface area contributed by atoms with Gasteiger partial charge in [-0.25, -0.2) is 4.98 Å². The molecule has 120 valence electrons. The zero-order chi connectivity index (χ0) is 16.7. The predicted molar refractivity (Wildman–Crippen MR) is 85.1 cm³/mol. The number of thiazole rings is 1. The maximum absolute atomic E-state index is 12.5. The summed E-state index contributed by atoms with van der Waals surface area (Å²) in [5.41, 5.74) is 3.03. The third-order valence-electron chi connectivity index (χ3n) is 3.47. The van der Waals surface area contributed by atoms with Crippen LogP contribution in [0.15, 0.2) is 11.6 Å². The normalized spacial score (nSPS) is 11.1. The minimum absolute atomic E-state index is 0.244. The molecule has 3 rings (SSSR count). The highest BCUT2D eigenvalue weighted by molar-refractivity contribution is 7.15. The molecule has 8 nitrogen and oxygen atoms in total. The third-order valence-corrected chi connectivity index (χ3v) is 4.31. The van der Waals surface area contributed by atoms with Gasteiger partial charge in [0.15, 0.2) is 4.96 Å². The number of nitrogens with one attached hydrogen (secondary N) is 1. The van der Waals surface area contributed by atoms with E-state index < -0.39 is 5.97 Å². The van der Waals surface area contributed by atoms with Gasteiger partial charge in [0.1, 0.15) is 12.2 Å². The topological polar surface area (TPSA) is 102 Å². The molecule has 0 aliphatic carbocycles. The molecule has 9 heteroatoms. The molecule has 3 aromatic heterocycles. The number of nitrogens with zero attached hydrogens (tertiary/aromatic N) is 4. The molecular weight excluding hydrogens is 318 g/mol. The number of fused-ring (bicyclic) bond motifs is 1. The van der Waals surface area contributed by atoms with Crippen molar-refractivity contribution in [1.82, 2.24) is 19.2 Å². The largest absolute Gasteiger partial charge is 0.480 e. The standard InChI is InChI=1S/C14H15N5O3S/c1-7-4-18-10(6-23-14(18)15-7)13(22)16-12-8(2)17-19(9(12)3)5-11(20)21/h4,6H,5H2,1-3H3,(H,16,22)(H,20,21). The second-order valence-electron chi connectivity index (χ2n) is 5.21. The summed E-state index contributed by atoms with van der Waals surface area (Å²) < 4.78 is 3.10. The minimum Gasteiger partial charge on any atom is -0.480 e. The van der Waals surface area contributed by atoms with Gasteiger partial charge in [-0.1, -0.05) is 0 Å². The van der Waals surface area contributed by atoms with E-state index in [4.69, 9.17) is 5.11 Å².